The number of nitrogens with zero attached hydrogens (tertiary/aromatic N) is 1. The van der Waals surface area contributed by atoms with Gasteiger partial charge in [-0.3, -0.25) is 0 Å². The van der Waals surface area contributed by atoms with Crippen molar-refractivity contribution in [2.45, 2.75) is 6.92 Å². The van der Waals surface area contributed by atoms with Crippen molar-refractivity contribution in [1.82, 2.24) is 4.57 Å². The second-order valence-electron chi connectivity index (χ2n) is 3.46. The average molecular weight is 240 g/mol. The Morgan fingerprint density at radius 3 is 2.69 bits per heavy atom. The van der Waals surface area contributed by atoms with Crippen LogP contribution in [0.2, 0.25) is 5.02 Å². The van der Waals surface area contributed by atoms with Crippen molar-refractivity contribution >= 4 is 17.6 Å². The molecular formula is C11H10ClNO3. The number of rotatable bonds is 2. The van der Waals surface area contributed by atoms with Crippen molar-refractivity contribution in [3.05, 3.63) is 34.7 Å². The van der Waals surface area contributed by atoms with E-state index in [1.165, 1.54) is 6.26 Å². The molecule has 0 aliphatic carbocycles. The Morgan fingerprint density at radius 1 is 1.56 bits per heavy atom. The first kappa shape index (κ1) is 10.8. The molecule has 16 heavy (non-hydrogen) atoms. The van der Waals surface area contributed by atoms with Crippen LogP contribution in [0.3, 0.4) is 0 Å². The summed E-state index contributed by atoms with van der Waals surface area (Å²) >= 11 is 6.06. The summed E-state index contributed by atoms with van der Waals surface area (Å²) < 4.78 is 6.94. The highest BCUT2D eigenvalue weighted by Crippen LogP contribution is 2.34. The van der Waals surface area contributed by atoms with E-state index in [0.717, 1.165) is 0 Å². The van der Waals surface area contributed by atoms with Crippen LogP contribution in [0.15, 0.2) is 22.8 Å². The van der Waals surface area contributed by atoms with E-state index in [-0.39, 0.29) is 10.6 Å². The van der Waals surface area contributed by atoms with Gasteiger partial charge < -0.3 is 14.1 Å². The van der Waals surface area contributed by atoms with Crippen LogP contribution in [0, 0.1) is 6.92 Å². The number of aromatic nitrogens is 1. The number of carboxylic acid groups (broad SMARTS) is 1. The van der Waals surface area contributed by atoms with E-state index in [1.54, 1.807) is 30.7 Å². The number of halogens is 1. The third-order valence-electron chi connectivity index (χ3n) is 2.60. The van der Waals surface area contributed by atoms with Crippen molar-refractivity contribution in [3.8, 4) is 11.5 Å². The lowest BCUT2D eigenvalue weighted by atomic mass is 10.2. The summed E-state index contributed by atoms with van der Waals surface area (Å²) in [5.41, 5.74) is 1.31. The molecule has 1 N–H and O–H groups in total. The Kier molecular flexibility index (Phi) is 2.52. The summed E-state index contributed by atoms with van der Waals surface area (Å²) in [5.74, 6) is -0.473. The van der Waals surface area contributed by atoms with E-state index < -0.39 is 5.97 Å². The Balaban J connectivity index is 2.73. The third kappa shape index (κ3) is 1.42. The van der Waals surface area contributed by atoms with E-state index in [4.69, 9.17) is 21.1 Å². The molecular weight excluding hydrogens is 230 g/mol. The zero-order valence-corrected chi connectivity index (χ0v) is 9.58. The normalized spacial score (nSPS) is 10.7. The van der Waals surface area contributed by atoms with Gasteiger partial charge in [-0.05, 0) is 19.1 Å². The molecule has 0 bridgehead atoms. The minimum absolute atomic E-state index is 0.121. The zero-order valence-electron chi connectivity index (χ0n) is 8.82. The Hall–Kier alpha value is -1.68. The number of hydrogen-bond acceptors (Lipinski definition) is 2. The fourth-order valence-corrected chi connectivity index (χ4v) is 2.13. The predicted octanol–water partition coefficient (Wildman–Crippen LogP) is 2.95. The maximum absolute atomic E-state index is 11.0. The maximum Gasteiger partial charge on any atom is 0.339 e. The lowest BCUT2D eigenvalue weighted by Gasteiger charge is -2.01. The summed E-state index contributed by atoms with van der Waals surface area (Å²) in [6.45, 7) is 1.71. The van der Waals surface area contributed by atoms with Crippen LogP contribution in [0.25, 0.3) is 11.5 Å². The van der Waals surface area contributed by atoms with Crippen LogP contribution < -0.4 is 0 Å². The molecule has 0 fully saturated rings. The van der Waals surface area contributed by atoms with Gasteiger partial charge in [-0.1, -0.05) is 11.6 Å². The van der Waals surface area contributed by atoms with Gasteiger partial charge in [0, 0.05) is 12.7 Å². The lowest BCUT2D eigenvalue weighted by molar-refractivity contribution is 0.0696. The minimum atomic E-state index is -1.03. The monoisotopic (exact) mass is 239 g/mol. The summed E-state index contributed by atoms with van der Waals surface area (Å²) in [4.78, 5) is 11.0. The maximum atomic E-state index is 11.0. The molecule has 2 rings (SSSR count). The van der Waals surface area contributed by atoms with Crippen LogP contribution in [0.5, 0.6) is 0 Å². The molecule has 0 aromatic carbocycles. The summed E-state index contributed by atoms with van der Waals surface area (Å²) in [6, 6.07) is 3.47. The molecule has 2 aromatic rings. The van der Waals surface area contributed by atoms with Crippen molar-refractivity contribution in [2.24, 2.45) is 7.05 Å². The lowest BCUT2D eigenvalue weighted by Crippen LogP contribution is -1.99. The molecule has 2 heterocycles. The number of carbonyl (C=O) groups is 1. The van der Waals surface area contributed by atoms with Gasteiger partial charge in [-0.2, -0.15) is 0 Å². The van der Waals surface area contributed by atoms with Crippen LogP contribution in [-0.4, -0.2) is 15.6 Å². The topological polar surface area (TPSA) is 55.4 Å². The summed E-state index contributed by atoms with van der Waals surface area (Å²) in [5, 5.41) is 9.26. The van der Waals surface area contributed by atoms with E-state index in [2.05, 4.69) is 0 Å². The van der Waals surface area contributed by atoms with Gasteiger partial charge >= 0.3 is 5.97 Å². The molecule has 0 radical (unpaired) electrons. The fraction of sp³-hybridized carbons (Fsp3) is 0.182. The predicted molar refractivity (Wildman–Crippen MR) is 59.8 cm³/mol. The highest BCUT2D eigenvalue weighted by atomic mass is 35.5. The first-order valence-electron chi connectivity index (χ1n) is 4.66. The highest BCUT2D eigenvalue weighted by Gasteiger charge is 2.24. The molecule has 0 saturated heterocycles. The van der Waals surface area contributed by atoms with Crippen molar-refractivity contribution < 1.29 is 14.3 Å². The molecule has 0 aliphatic rings. The van der Waals surface area contributed by atoms with Crippen molar-refractivity contribution in [3.63, 3.8) is 0 Å². The van der Waals surface area contributed by atoms with Gasteiger partial charge in [0.1, 0.15) is 5.69 Å². The van der Waals surface area contributed by atoms with E-state index in [0.29, 0.717) is 17.1 Å². The second-order valence-corrected chi connectivity index (χ2v) is 3.84. The third-order valence-corrected chi connectivity index (χ3v) is 2.96. The summed E-state index contributed by atoms with van der Waals surface area (Å²) in [6.07, 6.45) is 1.52. The van der Waals surface area contributed by atoms with Crippen LogP contribution in [0.4, 0.5) is 0 Å². The number of carboxylic acids is 1. The SMILES string of the molecule is Cc1c(C(=O)O)c(Cl)c(-c2ccco2)n1C. The second kappa shape index (κ2) is 3.72. The number of aromatic carboxylic acids is 1. The van der Waals surface area contributed by atoms with Gasteiger partial charge in [-0.15, -0.1) is 0 Å². The molecule has 0 unspecified atom stereocenters. The fourth-order valence-electron chi connectivity index (χ4n) is 1.70. The molecule has 0 atom stereocenters. The van der Waals surface area contributed by atoms with Gasteiger partial charge in [0.15, 0.2) is 5.76 Å². The van der Waals surface area contributed by atoms with E-state index in [9.17, 15) is 4.79 Å². The van der Waals surface area contributed by atoms with E-state index >= 15 is 0 Å². The Morgan fingerprint density at radius 2 is 2.25 bits per heavy atom. The molecule has 0 amide bonds. The van der Waals surface area contributed by atoms with Gasteiger partial charge in [0.2, 0.25) is 0 Å². The molecule has 0 aliphatic heterocycles. The molecule has 4 nitrogen and oxygen atoms in total. The van der Waals surface area contributed by atoms with Gasteiger partial charge in [0.05, 0.1) is 16.8 Å². The Labute approximate surface area is 97.1 Å². The van der Waals surface area contributed by atoms with Crippen molar-refractivity contribution in [2.75, 3.05) is 0 Å². The molecule has 84 valence electrons. The minimum Gasteiger partial charge on any atom is -0.478 e. The zero-order chi connectivity index (χ0) is 11.9. The molecule has 0 spiro atoms. The van der Waals surface area contributed by atoms with Crippen LogP contribution in [-0.2, 0) is 7.05 Å². The molecule has 2 aromatic heterocycles. The van der Waals surface area contributed by atoms with Gasteiger partial charge in [-0.25, -0.2) is 4.79 Å². The first-order chi connectivity index (χ1) is 7.54. The summed E-state index contributed by atoms with van der Waals surface area (Å²) in [7, 11) is 1.76. The first-order valence-corrected chi connectivity index (χ1v) is 5.03. The quantitative estimate of drug-likeness (QED) is 0.877. The molecule has 5 heteroatoms. The average Bonchev–Trinajstić information content (AvgIpc) is 2.76. The van der Waals surface area contributed by atoms with Crippen molar-refractivity contribution in [1.29, 1.82) is 0 Å². The number of hydrogen-bond donors (Lipinski definition) is 1. The van der Waals surface area contributed by atoms with Crippen LogP contribution >= 0.6 is 11.6 Å². The van der Waals surface area contributed by atoms with E-state index in [1.807, 2.05) is 0 Å². The van der Waals surface area contributed by atoms with Gasteiger partial charge in [0.25, 0.3) is 0 Å². The number of furan rings is 1. The van der Waals surface area contributed by atoms with Crippen LogP contribution in [0.1, 0.15) is 16.1 Å². The highest BCUT2D eigenvalue weighted by molar-refractivity contribution is 6.36. The smallest absolute Gasteiger partial charge is 0.339 e. The Bertz CT molecular complexity index is 540. The largest absolute Gasteiger partial charge is 0.478 e. The molecule has 0 saturated carbocycles. The standard InChI is InChI=1S/C11H10ClNO3/c1-6-8(11(14)15)9(12)10(13(6)2)7-4-3-5-16-7/h3-5H,1-2H3,(H,14,15).